The molecular formula is C17H17BrN2O6S. The number of carboxylic acids is 1. The first kappa shape index (κ1) is 21.0. The molecule has 2 aromatic carbocycles. The van der Waals surface area contributed by atoms with E-state index in [1.165, 1.54) is 16.4 Å². The molecule has 2 rings (SSSR count). The second-order valence-corrected chi connectivity index (χ2v) is 8.57. The fourth-order valence-corrected chi connectivity index (χ4v) is 4.10. The van der Waals surface area contributed by atoms with Crippen LogP contribution in [0.3, 0.4) is 0 Å². The molecule has 0 radical (unpaired) electrons. The Morgan fingerprint density at radius 2 is 1.70 bits per heavy atom. The summed E-state index contributed by atoms with van der Waals surface area (Å²) in [6, 6.07) is 11.7. The highest BCUT2D eigenvalue weighted by molar-refractivity contribution is 9.10. The Hall–Kier alpha value is -2.30. The molecule has 0 saturated carbocycles. The molecule has 0 aliphatic rings. The van der Waals surface area contributed by atoms with Crippen LogP contribution in [0.25, 0.3) is 0 Å². The largest absolute Gasteiger partial charge is 0.481 e. The van der Waals surface area contributed by atoms with Gasteiger partial charge in [0.1, 0.15) is 0 Å². The van der Waals surface area contributed by atoms with Crippen molar-refractivity contribution in [2.24, 2.45) is 0 Å². The van der Waals surface area contributed by atoms with E-state index in [-0.39, 0.29) is 36.5 Å². The van der Waals surface area contributed by atoms with Crippen molar-refractivity contribution in [1.29, 1.82) is 0 Å². The summed E-state index contributed by atoms with van der Waals surface area (Å²) >= 11 is 3.31. The van der Waals surface area contributed by atoms with E-state index in [4.69, 9.17) is 5.11 Å². The summed E-state index contributed by atoms with van der Waals surface area (Å²) in [6.07, 6.45) is -0.00923. The summed E-state index contributed by atoms with van der Waals surface area (Å²) in [6.45, 7) is 0.0773. The van der Waals surface area contributed by atoms with Gasteiger partial charge >= 0.3 is 5.97 Å². The second kappa shape index (κ2) is 9.07. The van der Waals surface area contributed by atoms with E-state index in [2.05, 4.69) is 15.9 Å². The maximum atomic E-state index is 13.0. The van der Waals surface area contributed by atoms with Crippen LogP contribution in [-0.2, 0) is 21.4 Å². The zero-order chi connectivity index (χ0) is 20.0. The zero-order valence-corrected chi connectivity index (χ0v) is 16.5. The lowest BCUT2D eigenvalue weighted by molar-refractivity contribution is -0.384. The second-order valence-electron chi connectivity index (χ2n) is 5.71. The highest BCUT2D eigenvalue weighted by Crippen LogP contribution is 2.22. The van der Waals surface area contributed by atoms with E-state index < -0.39 is 20.9 Å². The van der Waals surface area contributed by atoms with Crippen molar-refractivity contribution in [2.75, 3.05) is 6.54 Å². The van der Waals surface area contributed by atoms with E-state index in [9.17, 15) is 23.3 Å². The standard InChI is InChI=1S/C17H17BrN2O6S/c18-14-5-3-13(4-6-14)12-19(11-1-2-17(21)22)27(25,26)16-9-7-15(8-10-16)20(23)24/h3-10H,1-2,11-12H2,(H,21,22). The third-order valence-corrected chi connectivity index (χ3v) is 6.14. The zero-order valence-electron chi connectivity index (χ0n) is 14.1. The van der Waals surface area contributed by atoms with Gasteiger partial charge in [0.2, 0.25) is 10.0 Å². The van der Waals surface area contributed by atoms with Crippen LogP contribution in [0.5, 0.6) is 0 Å². The molecule has 144 valence electrons. The molecule has 0 bridgehead atoms. The number of carbonyl (C=O) groups is 1. The first-order valence-electron chi connectivity index (χ1n) is 7.91. The number of carboxylic acid groups (broad SMARTS) is 1. The summed E-state index contributed by atoms with van der Waals surface area (Å²) in [4.78, 5) is 20.8. The van der Waals surface area contributed by atoms with Gasteiger partial charge < -0.3 is 5.11 Å². The SMILES string of the molecule is O=C(O)CCCN(Cc1ccc(Br)cc1)S(=O)(=O)c1ccc([N+](=O)[O-])cc1. The molecule has 0 fully saturated rings. The first-order valence-corrected chi connectivity index (χ1v) is 10.1. The van der Waals surface area contributed by atoms with Gasteiger partial charge in [0.25, 0.3) is 5.69 Å². The van der Waals surface area contributed by atoms with E-state index in [0.717, 1.165) is 22.2 Å². The highest BCUT2D eigenvalue weighted by atomic mass is 79.9. The molecule has 0 aliphatic heterocycles. The van der Waals surface area contributed by atoms with Crippen LogP contribution >= 0.6 is 15.9 Å². The molecule has 0 aliphatic carbocycles. The summed E-state index contributed by atoms with van der Waals surface area (Å²) in [7, 11) is -3.94. The Bertz CT molecular complexity index is 913. The van der Waals surface area contributed by atoms with Crippen molar-refractivity contribution >= 4 is 37.6 Å². The van der Waals surface area contributed by atoms with Gasteiger partial charge in [-0.15, -0.1) is 0 Å². The monoisotopic (exact) mass is 456 g/mol. The molecule has 0 heterocycles. The maximum Gasteiger partial charge on any atom is 0.303 e. The maximum absolute atomic E-state index is 13.0. The number of rotatable bonds is 9. The van der Waals surface area contributed by atoms with E-state index in [0.29, 0.717) is 0 Å². The summed E-state index contributed by atoms with van der Waals surface area (Å²) in [5.41, 5.74) is 0.526. The fraction of sp³-hybridized carbons (Fsp3) is 0.235. The van der Waals surface area contributed by atoms with Gasteiger partial charge in [-0.25, -0.2) is 8.42 Å². The normalized spacial score (nSPS) is 11.5. The Balaban J connectivity index is 2.29. The van der Waals surface area contributed by atoms with Crippen LogP contribution in [0.1, 0.15) is 18.4 Å². The Labute approximate surface area is 164 Å². The number of aliphatic carboxylic acids is 1. The predicted molar refractivity (Wildman–Crippen MR) is 102 cm³/mol. The number of hydrogen-bond acceptors (Lipinski definition) is 5. The molecule has 0 saturated heterocycles. The van der Waals surface area contributed by atoms with Gasteiger partial charge in [0.05, 0.1) is 9.82 Å². The van der Waals surface area contributed by atoms with E-state index >= 15 is 0 Å². The number of nitro benzene ring substituents is 1. The van der Waals surface area contributed by atoms with Crippen LogP contribution in [0.2, 0.25) is 0 Å². The number of benzene rings is 2. The number of hydrogen-bond donors (Lipinski definition) is 1. The van der Waals surface area contributed by atoms with E-state index in [1.807, 2.05) is 0 Å². The van der Waals surface area contributed by atoms with Gasteiger partial charge in [0, 0.05) is 36.1 Å². The molecule has 0 spiro atoms. The Morgan fingerprint density at radius 1 is 1.11 bits per heavy atom. The van der Waals surface area contributed by atoms with Crippen LogP contribution in [0, 0.1) is 10.1 Å². The Morgan fingerprint density at radius 3 is 2.22 bits per heavy atom. The Kier molecular flexibility index (Phi) is 7.05. The average molecular weight is 457 g/mol. The summed E-state index contributed by atoms with van der Waals surface area (Å²) in [5.74, 6) is -1.01. The number of nitro groups is 1. The van der Waals surface area contributed by atoms with Gasteiger partial charge in [-0.1, -0.05) is 28.1 Å². The number of non-ortho nitro benzene ring substituents is 1. The molecule has 10 heteroatoms. The molecule has 2 aromatic rings. The molecule has 0 atom stereocenters. The quantitative estimate of drug-likeness (QED) is 0.456. The van der Waals surface area contributed by atoms with Crippen molar-refractivity contribution in [3.05, 3.63) is 68.7 Å². The highest BCUT2D eigenvalue weighted by Gasteiger charge is 2.25. The minimum atomic E-state index is -3.94. The minimum absolute atomic E-state index is 0.0156. The average Bonchev–Trinajstić information content (AvgIpc) is 2.62. The molecule has 0 amide bonds. The van der Waals surface area contributed by atoms with Crippen LogP contribution < -0.4 is 0 Å². The third-order valence-electron chi connectivity index (χ3n) is 3.76. The lowest BCUT2D eigenvalue weighted by Gasteiger charge is -2.22. The van der Waals surface area contributed by atoms with Gasteiger partial charge in [-0.2, -0.15) is 4.31 Å². The first-order chi connectivity index (χ1) is 12.7. The molecule has 27 heavy (non-hydrogen) atoms. The van der Waals surface area contributed by atoms with Gasteiger partial charge in [-0.3, -0.25) is 14.9 Å². The van der Waals surface area contributed by atoms with E-state index in [1.54, 1.807) is 24.3 Å². The predicted octanol–water partition coefficient (Wildman–Crippen LogP) is 3.41. The van der Waals surface area contributed by atoms with Gasteiger partial charge in [0.15, 0.2) is 0 Å². The lowest BCUT2D eigenvalue weighted by atomic mass is 10.2. The van der Waals surface area contributed by atoms with Crippen molar-refractivity contribution in [2.45, 2.75) is 24.3 Å². The van der Waals surface area contributed by atoms with Crippen molar-refractivity contribution in [3.8, 4) is 0 Å². The molecule has 0 unspecified atom stereocenters. The summed E-state index contributed by atoms with van der Waals surface area (Å²) in [5, 5.41) is 19.6. The van der Waals surface area contributed by atoms with Gasteiger partial charge in [-0.05, 0) is 36.2 Å². The number of sulfonamides is 1. The van der Waals surface area contributed by atoms with Crippen molar-refractivity contribution < 1.29 is 23.2 Å². The van der Waals surface area contributed by atoms with Crippen LogP contribution in [0.4, 0.5) is 5.69 Å². The fourth-order valence-electron chi connectivity index (χ4n) is 2.37. The number of nitrogens with zero attached hydrogens (tertiary/aromatic N) is 2. The molecule has 8 nitrogen and oxygen atoms in total. The molecular weight excluding hydrogens is 440 g/mol. The smallest absolute Gasteiger partial charge is 0.303 e. The molecule has 0 aromatic heterocycles. The number of halogens is 1. The summed E-state index contributed by atoms with van der Waals surface area (Å²) < 4.78 is 27.9. The van der Waals surface area contributed by atoms with Crippen LogP contribution in [0.15, 0.2) is 57.9 Å². The third kappa shape index (κ3) is 5.84. The van der Waals surface area contributed by atoms with Crippen molar-refractivity contribution in [3.63, 3.8) is 0 Å². The molecule has 1 N–H and O–H groups in total. The lowest BCUT2D eigenvalue weighted by Crippen LogP contribution is -2.32. The topological polar surface area (TPSA) is 118 Å². The van der Waals surface area contributed by atoms with Crippen LogP contribution in [-0.4, -0.2) is 35.3 Å². The minimum Gasteiger partial charge on any atom is -0.481 e. The van der Waals surface area contributed by atoms with Crippen molar-refractivity contribution in [1.82, 2.24) is 4.31 Å².